The van der Waals surface area contributed by atoms with E-state index in [4.69, 9.17) is 23.2 Å². The molecule has 0 spiro atoms. The van der Waals surface area contributed by atoms with E-state index in [0.717, 1.165) is 4.90 Å². The van der Waals surface area contributed by atoms with E-state index in [1.165, 1.54) is 12.3 Å². The number of carbonyl (C=O) groups excluding carboxylic acids is 1. The van der Waals surface area contributed by atoms with Crippen molar-refractivity contribution in [3.63, 3.8) is 0 Å². The Kier molecular flexibility index (Phi) is 3.48. The first-order valence-electron chi connectivity index (χ1n) is 4.84. The topological polar surface area (TPSA) is 67.3 Å². The Morgan fingerprint density at radius 2 is 2.11 bits per heavy atom. The van der Waals surface area contributed by atoms with Gasteiger partial charge in [-0.15, -0.1) is 3.89 Å². The third kappa shape index (κ3) is 2.57. The van der Waals surface area contributed by atoms with Gasteiger partial charge in [0.15, 0.2) is 5.82 Å². The molecular formula is C9H7Cl2FN2O3S. The van der Waals surface area contributed by atoms with Crippen molar-refractivity contribution in [2.45, 2.75) is 11.7 Å². The van der Waals surface area contributed by atoms with Crippen LogP contribution >= 0.6 is 23.2 Å². The van der Waals surface area contributed by atoms with E-state index in [1.807, 2.05) is 0 Å². The van der Waals surface area contributed by atoms with Crippen molar-refractivity contribution in [1.82, 2.24) is 4.98 Å². The first-order chi connectivity index (χ1) is 8.29. The van der Waals surface area contributed by atoms with Gasteiger partial charge in [-0.1, -0.05) is 23.2 Å². The number of nitrogens with zero attached hydrogens (tertiary/aromatic N) is 2. The van der Waals surface area contributed by atoms with Crippen molar-refractivity contribution < 1.29 is 17.1 Å². The van der Waals surface area contributed by atoms with Gasteiger partial charge in [0.25, 0.3) is 0 Å². The molecule has 18 heavy (non-hydrogen) atoms. The normalized spacial score (nSPS) is 20.5. The van der Waals surface area contributed by atoms with Crippen molar-refractivity contribution in [2.75, 3.05) is 11.4 Å². The van der Waals surface area contributed by atoms with E-state index in [0.29, 0.717) is 0 Å². The number of pyridine rings is 1. The summed E-state index contributed by atoms with van der Waals surface area (Å²) in [4.78, 5) is 16.5. The minimum atomic E-state index is -4.76. The maximum Gasteiger partial charge on any atom is 0.307 e. The Labute approximate surface area is 113 Å². The number of amides is 1. The van der Waals surface area contributed by atoms with Crippen LogP contribution in [0.2, 0.25) is 10.0 Å². The molecule has 0 aromatic carbocycles. The average Bonchev–Trinajstić information content (AvgIpc) is 2.60. The van der Waals surface area contributed by atoms with Gasteiger partial charge >= 0.3 is 10.2 Å². The Morgan fingerprint density at radius 1 is 1.44 bits per heavy atom. The lowest BCUT2D eigenvalue weighted by molar-refractivity contribution is -0.117. The van der Waals surface area contributed by atoms with Crippen LogP contribution in [0.5, 0.6) is 0 Å². The van der Waals surface area contributed by atoms with Crippen LogP contribution in [-0.4, -0.2) is 31.1 Å². The van der Waals surface area contributed by atoms with E-state index in [2.05, 4.69) is 4.98 Å². The van der Waals surface area contributed by atoms with Crippen LogP contribution in [0.3, 0.4) is 0 Å². The van der Waals surface area contributed by atoms with Crippen LogP contribution < -0.4 is 4.90 Å². The molecule has 1 amide bonds. The van der Waals surface area contributed by atoms with E-state index in [1.54, 1.807) is 0 Å². The molecule has 0 N–H and O–H groups in total. The predicted octanol–water partition coefficient (Wildman–Crippen LogP) is 1.79. The summed E-state index contributed by atoms with van der Waals surface area (Å²) < 4.78 is 34.4. The van der Waals surface area contributed by atoms with Crippen molar-refractivity contribution in [1.29, 1.82) is 0 Å². The average molecular weight is 313 g/mol. The highest BCUT2D eigenvalue weighted by atomic mass is 35.5. The molecule has 1 saturated heterocycles. The fraction of sp³-hybridized carbons (Fsp3) is 0.333. The quantitative estimate of drug-likeness (QED) is 0.781. The zero-order valence-corrected chi connectivity index (χ0v) is 11.1. The molecule has 2 heterocycles. The molecule has 2 rings (SSSR count). The minimum Gasteiger partial charge on any atom is -0.294 e. The van der Waals surface area contributed by atoms with Crippen molar-refractivity contribution in [2.24, 2.45) is 0 Å². The van der Waals surface area contributed by atoms with E-state index in [-0.39, 0.29) is 22.4 Å². The lowest BCUT2D eigenvalue weighted by Gasteiger charge is -2.16. The number of anilines is 1. The second-order valence-corrected chi connectivity index (χ2v) is 6.23. The number of carbonyl (C=O) groups is 1. The van der Waals surface area contributed by atoms with Crippen LogP contribution in [0.25, 0.3) is 0 Å². The predicted molar refractivity (Wildman–Crippen MR) is 65.0 cm³/mol. The molecule has 0 bridgehead atoms. The second kappa shape index (κ2) is 4.64. The Bertz CT molecular complexity index is 608. The van der Waals surface area contributed by atoms with Gasteiger partial charge in [-0.3, -0.25) is 9.69 Å². The van der Waals surface area contributed by atoms with Gasteiger partial charge in [-0.2, -0.15) is 8.42 Å². The molecule has 1 fully saturated rings. The largest absolute Gasteiger partial charge is 0.307 e. The van der Waals surface area contributed by atoms with Crippen molar-refractivity contribution in [3.05, 3.63) is 22.3 Å². The highest BCUT2D eigenvalue weighted by Gasteiger charge is 2.40. The molecule has 5 nitrogen and oxygen atoms in total. The molecule has 1 aromatic heterocycles. The van der Waals surface area contributed by atoms with Crippen LogP contribution in [-0.2, 0) is 15.0 Å². The fourth-order valence-electron chi connectivity index (χ4n) is 1.67. The summed E-state index contributed by atoms with van der Waals surface area (Å²) in [6.45, 7) is -0.300. The molecule has 1 atom stereocenters. The number of aromatic nitrogens is 1. The summed E-state index contributed by atoms with van der Waals surface area (Å²) in [5.41, 5.74) is 0. The molecule has 1 aromatic rings. The summed E-state index contributed by atoms with van der Waals surface area (Å²) in [6, 6.07) is 1.37. The zero-order valence-electron chi connectivity index (χ0n) is 8.81. The van der Waals surface area contributed by atoms with Crippen molar-refractivity contribution >= 4 is 45.2 Å². The molecule has 1 aliphatic rings. The Balaban J connectivity index is 2.33. The fourth-order valence-corrected chi connectivity index (χ4v) is 2.82. The minimum absolute atomic E-state index is 0.0808. The van der Waals surface area contributed by atoms with Gasteiger partial charge in [0.1, 0.15) is 5.25 Å². The third-order valence-corrected chi connectivity index (χ3v) is 4.13. The van der Waals surface area contributed by atoms with Gasteiger partial charge in [0, 0.05) is 19.2 Å². The highest BCUT2D eigenvalue weighted by molar-refractivity contribution is 7.87. The molecule has 0 saturated carbocycles. The lowest BCUT2D eigenvalue weighted by Crippen LogP contribution is -2.28. The highest BCUT2D eigenvalue weighted by Crippen LogP contribution is 2.31. The van der Waals surface area contributed by atoms with Crippen LogP contribution in [0.15, 0.2) is 12.3 Å². The Hall–Kier alpha value is -0.920. The van der Waals surface area contributed by atoms with Gasteiger partial charge in [-0.05, 0) is 6.07 Å². The number of hydrogen-bond acceptors (Lipinski definition) is 4. The van der Waals surface area contributed by atoms with Crippen LogP contribution in [0, 0.1) is 0 Å². The van der Waals surface area contributed by atoms with Crippen molar-refractivity contribution in [3.8, 4) is 0 Å². The van der Waals surface area contributed by atoms with Gasteiger partial charge in [0.05, 0.1) is 10.0 Å². The molecule has 1 aliphatic heterocycles. The number of rotatable bonds is 2. The molecule has 98 valence electrons. The molecule has 9 heteroatoms. The summed E-state index contributed by atoms with van der Waals surface area (Å²) in [6.07, 6.45) is 0.854. The van der Waals surface area contributed by atoms with Gasteiger partial charge < -0.3 is 0 Å². The van der Waals surface area contributed by atoms with Crippen LogP contribution in [0.4, 0.5) is 9.70 Å². The summed E-state index contributed by atoms with van der Waals surface area (Å²) in [5.74, 6) is -0.463. The molecule has 0 aliphatic carbocycles. The standard InChI is InChI=1S/C9H7Cl2FN2O3S/c10-5-1-7(11)9(13-3-5)14-4-6(2-8(14)15)18(12,16)17/h1,3,6H,2,4H2. The first-order valence-corrected chi connectivity index (χ1v) is 7.04. The monoisotopic (exact) mass is 312 g/mol. The van der Waals surface area contributed by atoms with Crippen LogP contribution in [0.1, 0.15) is 6.42 Å². The number of halogens is 3. The maximum atomic E-state index is 12.8. The van der Waals surface area contributed by atoms with E-state index in [9.17, 15) is 17.1 Å². The molecule has 0 radical (unpaired) electrons. The number of hydrogen-bond donors (Lipinski definition) is 0. The summed E-state index contributed by atoms with van der Waals surface area (Å²) in [7, 11) is -4.76. The van der Waals surface area contributed by atoms with Gasteiger partial charge in [0.2, 0.25) is 5.91 Å². The first kappa shape index (κ1) is 13.5. The molecule has 1 unspecified atom stereocenters. The summed E-state index contributed by atoms with van der Waals surface area (Å²) in [5, 5.41) is -0.989. The third-order valence-electron chi connectivity index (χ3n) is 2.53. The smallest absolute Gasteiger partial charge is 0.294 e. The van der Waals surface area contributed by atoms with E-state index < -0.39 is 27.8 Å². The lowest BCUT2D eigenvalue weighted by atomic mass is 10.4. The second-order valence-electron chi connectivity index (χ2n) is 3.77. The van der Waals surface area contributed by atoms with E-state index >= 15 is 0 Å². The summed E-state index contributed by atoms with van der Waals surface area (Å²) >= 11 is 11.5. The Morgan fingerprint density at radius 3 is 2.61 bits per heavy atom. The van der Waals surface area contributed by atoms with Gasteiger partial charge in [-0.25, -0.2) is 4.98 Å². The zero-order chi connectivity index (χ0) is 13.5. The maximum absolute atomic E-state index is 12.8. The molecular weight excluding hydrogens is 306 g/mol. The SMILES string of the molecule is O=C1CC(S(=O)(=O)F)CN1c1ncc(Cl)cc1Cl.